The lowest BCUT2D eigenvalue weighted by molar-refractivity contribution is 0.384. The van der Waals surface area contributed by atoms with E-state index in [1.165, 1.54) is 25.1 Å². The van der Waals surface area contributed by atoms with Crippen molar-refractivity contribution in [1.29, 1.82) is 0 Å². The Morgan fingerprint density at radius 3 is 2.71 bits per heavy atom. The maximum Gasteiger partial charge on any atom is 0.146 e. The van der Waals surface area contributed by atoms with Crippen LogP contribution < -0.4 is 5.73 Å². The van der Waals surface area contributed by atoms with Crippen LogP contribution in [0, 0.1) is 0 Å². The highest BCUT2D eigenvalue weighted by Gasteiger charge is 2.25. The minimum atomic E-state index is 0.500. The number of nitrogens with two attached hydrogens (primary N) is 1. The standard InChI is InChI=1S/C10H18N4/c1-2-6-14-9(7-11)12-13-10(14)8-4-3-5-8/h8H,2-7,11H2,1H3. The molecule has 1 saturated carbocycles. The molecule has 2 rings (SSSR count). The van der Waals surface area contributed by atoms with Crippen LogP contribution in [0.25, 0.3) is 0 Å². The van der Waals surface area contributed by atoms with E-state index in [9.17, 15) is 0 Å². The van der Waals surface area contributed by atoms with E-state index in [1.807, 2.05) is 0 Å². The molecule has 1 aliphatic rings. The molecule has 1 aromatic heterocycles. The molecule has 0 aliphatic heterocycles. The molecular weight excluding hydrogens is 176 g/mol. The van der Waals surface area contributed by atoms with Gasteiger partial charge in [0, 0.05) is 12.5 Å². The van der Waals surface area contributed by atoms with Gasteiger partial charge in [-0.3, -0.25) is 0 Å². The maximum atomic E-state index is 5.63. The van der Waals surface area contributed by atoms with E-state index in [4.69, 9.17) is 5.73 Å². The van der Waals surface area contributed by atoms with Crippen LogP contribution >= 0.6 is 0 Å². The first-order valence-corrected chi connectivity index (χ1v) is 5.48. The Kier molecular flexibility index (Phi) is 2.82. The normalized spacial score (nSPS) is 17.0. The monoisotopic (exact) mass is 194 g/mol. The second kappa shape index (κ2) is 4.09. The van der Waals surface area contributed by atoms with Gasteiger partial charge < -0.3 is 10.3 Å². The van der Waals surface area contributed by atoms with E-state index in [-0.39, 0.29) is 0 Å². The molecule has 4 nitrogen and oxygen atoms in total. The quantitative estimate of drug-likeness (QED) is 0.788. The third-order valence-electron chi connectivity index (χ3n) is 2.96. The molecule has 4 heteroatoms. The molecule has 1 aromatic rings. The van der Waals surface area contributed by atoms with E-state index < -0.39 is 0 Å². The molecule has 1 aliphatic carbocycles. The first-order chi connectivity index (χ1) is 6.86. The van der Waals surface area contributed by atoms with Crippen molar-refractivity contribution in [2.24, 2.45) is 5.73 Å². The van der Waals surface area contributed by atoms with Crippen LogP contribution in [0.2, 0.25) is 0 Å². The van der Waals surface area contributed by atoms with Gasteiger partial charge in [-0.2, -0.15) is 0 Å². The van der Waals surface area contributed by atoms with Gasteiger partial charge in [0.1, 0.15) is 11.6 Å². The maximum absolute atomic E-state index is 5.63. The lowest BCUT2D eigenvalue weighted by Crippen LogP contribution is -2.17. The summed E-state index contributed by atoms with van der Waals surface area (Å²) < 4.78 is 2.21. The van der Waals surface area contributed by atoms with Crippen molar-refractivity contribution in [2.45, 2.75) is 51.6 Å². The van der Waals surface area contributed by atoms with Crippen LogP contribution in [0.3, 0.4) is 0 Å². The van der Waals surface area contributed by atoms with Gasteiger partial charge in [0.25, 0.3) is 0 Å². The van der Waals surface area contributed by atoms with E-state index >= 15 is 0 Å². The summed E-state index contributed by atoms with van der Waals surface area (Å²) in [5.41, 5.74) is 5.63. The fourth-order valence-corrected chi connectivity index (χ4v) is 1.94. The summed E-state index contributed by atoms with van der Waals surface area (Å²) in [6.45, 7) is 3.68. The average molecular weight is 194 g/mol. The number of hydrogen-bond acceptors (Lipinski definition) is 3. The summed E-state index contributed by atoms with van der Waals surface area (Å²) in [5, 5.41) is 8.40. The molecular formula is C10H18N4. The van der Waals surface area contributed by atoms with E-state index in [1.54, 1.807) is 0 Å². The Bertz CT molecular complexity index is 301. The predicted molar refractivity (Wildman–Crippen MR) is 54.8 cm³/mol. The molecule has 0 unspecified atom stereocenters. The third kappa shape index (κ3) is 1.54. The van der Waals surface area contributed by atoms with Gasteiger partial charge in [-0.15, -0.1) is 10.2 Å². The van der Waals surface area contributed by atoms with Gasteiger partial charge in [0.05, 0.1) is 6.54 Å². The Morgan fingerprint density at radius 2 is 2.21 bits per heavy atom. The van der Waals surface area contributed by atoms with Gasteiger partial charge in [-0.1, -0.05) is 13.3 Å². The Hall–Kier alpha value is -0.900. The van der Waals surface area contributed by atoms with Crippen molar-refractivity contribution < 1.29 is 0 Å². The Labute approximate surface area is 84.5 Å². The van der Waals surface area contributed by atoms with Crippen LogP contribution in [0.5, 0.6) is 0 Å². The fourth-order valence-electron chi connectivity index (χ4n) is 1.94. The minimum absolute atomic E-state index is 0.500. The Balaban J connectivity index is 2.23. The van der Waals surface area contributed by atoms with Crippen LogP contribution in [0.1, 0.15) is 50.2 Å². The minimum Gasteiger partial charge on any atom is -0.324 e. The first kappa shape index (κ1) is 9.65. The SMILES string of the molecule is CCCn1c(CN)nnc1C1CCC1. The molecule has 0 radical (unpaired) electrons. The summed E-state index contributed by atoms with van der Waals surface area (Å²) in [6.07, 6.45) is 4.99. The van der Waals surface area contributed by atoms with Crippen molar-refractivity contribution in [3.05, 3.63) is 11.6 Å². The van der Waals surface area contributed by atoms with E-state index in [2.05, 4.69) is 21.7 Å². The van der Waals surface area contributed by atoms with Crippen molar-refractivity contribution >= 4 is 0 Å². The topological polar surface area (TPSA) is 56.7 Å². The zero-order chi connectivity index (χ0) is 9.97. The molecule has 1 heterocycles. The van der Waals surface area contributed by atoms with Gasteiger partial charge in [-0.25, -0.2) is 0 Å². The molecule has 14 heavy (non-hydrogen) atoms. The molecule has 0 saturated heterocycles. The summed E-state index contributed by atoms with van der Waals surface area (Å²) in [5.74, 6) is 2.75. The first-order valence-electron chi connectivity index (χ1n) is 5.48. The fraction of sp³-hybridized carbons (Fsp3) is 0.800. The van der Waals surface area contributed by atoms with E-state index in [0.29, 0.717) is 12.5 Å². The van der Waals surface area contributed by atoms with Crippen molar-refractivity contribution in [3.8, 4) is 0 Å². The Morgan fingerprint density at radius 1 is 1.43 bits per heavy atom. The highest BCUT2D eigenvalue weighted by Crippen LogP contribution is 2.35. The summed E-state index contributed by atoms with van der Waals surface area (Å²) in [4.78, 5) is 0. The van der Waals surface area contributed by atoms with Gasteiger partial charge in [0.15, 0.2) is 0 Å². The second-order valence-electron chi connectivity index (χ2n) is 3.96. The van der Waals surface area contributed by atoms with Crippen molar-refractivity contribution in [3.63, 3.8) is 0 Å². The lowest BCUT2D eigenvalue weighted by Gasteiger charge is -2.25. The molecule has 2 N–H and O–H groups in total. The lowest BCUT2D eigenvalue weighted by atomic mass is 9.85. The molecule has 0 aromatic carbocycles. The number of nitrogens with zero attached hydrogens (tertiary/aromatic N) is 3. The predicted octanol–water partition coefficient (Wildman–Crippen LogP) is 1.41. The van der Waals surface area contributed by atoms with Crippen LogP contribution in [0.4, 0.5) is 0 Å². The number of rotatable bonds is 4. The summed E-state index contributed by atoms with van der Waals surface area (Å²) in [7, 11) is 0. The van der Waals surface area contributed by atoms with Crippen LogP contribution in [0.15, 0.2) is 0 Å². The average Bonchev–Trinajstić information content (AvgIpc) is 2.47. The molecule has 0 spiro atoms. The van der Waals surface area contributed by atoms with Gasteiger partial charge in [0.2, 0.25) is 0 Å². The second-order valence-corrected chi connectivity index (χ2v) is 3.96. The largest absolute Gasteiger partial charge is 0.324 e. The molecule has 0 bridgehead atoms. The summed E-state index contributed by atoms with van der Waals surface area (Å²) >= 11 is 0. The third-order valence-corrected chi connectivity index (χ3v) is 2.96. The van der Waals surface area contributed by atoms with Crippen molar-refractivity contribution in [1.82, 2.24) is 14.8 Å². The zero-order valence-corrected chi connectivity index (χ0v) is 8.74. The van der Waals surface area contributed by atoms with Gasteiger partial charge >= 0.3 is 0 Å². The number of aromatic nitrogens is 3. The zero-order valence-electron chi connectivity index (χ0n) is 8.74. The molecule has 0 amide bonds. The smallest absolute Gasteiger partial charge is 0.146 e. The molecule has 0 atom stereocenters. The highest BCUT2D eigenvalue weighted by atomic mass is 15.3. The van der Waals surface area contributed by atoms with Crippen molar-refractivity contribution in [2.75, 3.05) is 0 Å². The molecule has 78 valence electrons. The highest BCUT2D eigenvalue weighted by molar-refractivity contribution is 5.05. The molecule has 1 fully saturated rings. The van der Waals surface area contributed by atoms with Crippen LogP contribution in [-0.2, 0) is 13.1 Å². The van der Waals surface area contributed by atoms with E-state index in [0.717, 1.165) is 18.8 Å². The van der Waals surface area contributed by atoms with Gasteiger partial charge in [-0.05, 0) is 19.3 Å². The number of hydrogen-bond donors (Lipinski definition) is 1. The van der Waals surface area contributed by atoms with Crippen LogP contribution in [-0.4, -0.2) is 14.8 Å². The summed E-state index contributed by atoms with van der Waals surface area (Å²) in [6, 6.07) is 0.